The highest BCUT2D eigenvalue weighted by Gasteiger charge is 2.44. The zero-order valence-electron chi connectivity index (χ0n) is 11.7. The van der Waals surface area contributed by atoms with Crippen LogP contribution in [0.2, 0.25) is 0 Å². The van der Waals surface area contributed by atoms with Gasteiger partial charge in [0.25, 0.3) is 0 Å². The predicted molar refractivity (Wildman–Crippen MR) is 70.8 cm³/mol. The average Bonchev–Trinajstić information content (AvgIpc) is 2.70. The summed E-state index contributed by atoms with van der Waals surface area (Å²) >= 11 is 0. The highest BCUT2D eigenvalue weighted by atomic mass is 16.2. The molecule has 0 atom stereocenters. The number of hydrogen-bond acceptors (Lipinski definition) is 4. The lowest BCUT2D eigenvalue weighted by Gasteiger charge is -2.44. The van der Waals surface area contributed by atoms with Crippen molar-refractivity contribution in [2.24, 2.45) is 5.92 Å². The lowest BCUT2D eigenvalue weighted by atomic mass is 9.93. The minimum Gasteiger partial charge on any atom is -0.338 e. The molecule has 7 nitrogen and oxygen atoms in total. The summed E-state index contributed by atoms with van der Waals surface area (Å²) < 4.78 is 0. The molecule has 0 aromatic carbocycles. The van der Waals surface area contributed by atoms with Crippen molar-refractivity contribution in [3.8, 4) is 0 Å². The summed E-state index contributed by atoms with van der Waals surface area (Å²) in [7, 11) is 2.07. The third-order valence-electron chi connectivity index (χ3n) is 4.49. The van der Waals surface area contributed by atoms with E-state index in [1.807, 2.05) is 0 Å². The summed E-state index contributed by atoms with van der Waals surface area (Å²) in [5.74, 6) is 0.100. The molecule has 0 aromatic rings. The minimum absolute atomic E-state index is 0.0816. The number of carbonyl (C=O) groups excluding carboxylic acids is 3. The second-order valence-electron chi connectivity index (χ2n) is 5.90. The molecule has 3 aliphatic heterocycles. The summed E-state index contributed by atoms with van der Waals surface area (Å²) in [6, 6.07) is -0.466. The van der Waals surface area contributed by atoms with Gasteiger partial charge in [0, 0.05) is 19.0 Å². The number of nitrogens with zero attached hydrogens (tertiary/aromatic N) is 3. The van der Waals surface area contributed by atoms with Gasteiger partial charge in [0.05, 0.1) is 12.6 Å². The minimum atomic E-state index is -0.327. The Balaban J connectivity index is 1.51. The van der Waals surface area contributed by atoms with E-state index in [0.29, 0.717) is 13.1 Å². The molecular formula is C13H20N4O3. The maximum atomic E-state index is 12.3. The quantitative estimate of drug-likeness (QED) is 0.665. The smallest absolute Gasteiger partial charge is 0.324 e. The Morgan fingerprint density at radius 1 is 1.20 bits per heavy atom. The average molecular weight is 280 g/mol. The van der Waals surface area contributed by atoms with Crippen molar-refractivity contribution < 1.29 is 14.4 Å². The maximum Gasteiger partial charge on any atom is 0.324 e. The molecule has 3 rings (SSSR count). The zero-order chi connectivity index (χ0) is 14.3. The van der Waals surface area contributed by atoms with Crippen LogP contribution in [0.1, 0.15) is 12.8 Å². The van der Waals surface area contributed by atoms with Crippen molar-refractivity contribution in [1.82, 2.24) is 20.0 Å². The van der Waals surface area contributed by atoms with E-state index in [0.717, 1.165) is 25.9 Å². The van der Waals surface area contributed by atoms with Crippen molar-refractivity contribution in [3.05, 3.63) is 0 Å². The number of carbonyl (C=O) groups is 3. The van der Waals surface area contributed by atoms with Crippen LogP contribution in [0.15, 0.2) is 0 Å². The first kappa shape index (κ1) is 13.4. The predicted octanol–water partition coefficient (Wildman–Crippen LogP) is -0.909. The number of amides is 4. The Morgan fingerprint density at radius 3 is 2.40 bits per heavy atom. The second-order valence-corrected chi connectivity index (χ2v) is 5.90. The SMILES string of the molecule is CN1CCC(C(=O)N2CC(N3C(=O)CNC3=O)C2)CC1. The zero-order valence-corrected chi connectivity index (χ0v) is 11.7. The fraction of sp³-hybridized carbons (Fsp3) is 0.769. The van der Waals surface area contributed by atoms with Gasteiger partial charge in [-0.15, -0.1) is 0 Å². The van der Waals surface area contributed by atoms with Gasteiger partial charge in [0.15, 0.2) is 0 Å². The molecule has 1 N–H and O–H groups in total. The van der Waals surface area contributed by atoms with E-state index in [-0.39, 0.29) is 36.3 Å². The van der Waals surface area contributed by atoms with E-state index in [2.05, 4.69) is 17.3 Å². The number of hydrogen-bond donors (Lipinski definition) is 1. The van der Waals surface area contributed by atoms with Crippen LogP contribution >= 0.6 is 0 Å². The molecular weight excluding hydrogens is 260 g/mol. The summed E-state index contributed by atoms with van der Waals surface area (Å²) in [6.45, 7) is 2.98. The van der Waals surface area contributed by atoms with Gasteiger partial charge < -0.3 is 15.1 Å². The number of rotatable bonds is 2. The Kier molecular flexibility index (Phi) is 3.37. The van der Waals surface area contributed by atoms with Crippen LogP contribution < -0.4 is 5.32 Å². The van der Waals surface area contributed by atoms with E-state index in [1.54, 1.807) is 4.90 Å². The highest BCUT2D eigenvalue weighted by Crippen LogP contribution is 2.24. The molecule has 3 heterocycles. The van der Waals surface area contributed by atoms with Gasteiger partial charge >= 0.3 is 6.03 Å². The number of imide groups is 1. The molecule has 0 bridgehead atoms. The van der Waals surface area contributed by atoms with Crippen molar-refractivity contribution in [1.29, 1.82) is 0 Å². The lowest BCUT2D eigenvalue weighted by molar-refractivity contribution is -0.146. The van der Waals surface area contributed by atoms with E-state index in [9.17, 15) is 14.4 Å². The van der Waals surface area contributed by atoms with Gasteiger partial charge in [-0.1, -0.05) is 0 Å². The number of likely N-dealkylation sites (tertiary alicyclic amines) is 2. The van der Waals surface area contributed by atoms with Crippen LogP contribution in [-0.2, 0) is 9.59 Å². The summed E-state index contributed by atoms with van der Waals surface area (Å²) in [6.07, 6.45) is 1.80. The van der Waals surface area contributed by atoms with E-state index < -0.39 is 0 Å². The normalized spacial score (nSPS) is 25.9. The first-order chi connectivity index (χ1) is 9.56. The Hall–Kier alpha value is -1.63. The van der Waals surface area contributed by atoms with E-state index >= 15 is 0 Å². The summed E-state index contributed by atoms with van der Waals surface area (Å²) in [5.41, 5.74) is 0. The molecule has 0 radical (unpaired) electrons. The molecule has 3 saturated heterocycles. The van der Waals surface area contributed by atoms with Gasteiger partial charge in [-0.3, -0.25) is 14.5 Å². The van der Waals surface area contributed by atoms with Crippen LogP contribution in [0.25, 0.3) is 0 Å². The van der Waals surface area contributed by atoms with Crippen LogP contribution in [0.3, 0.4) is 0 Å². The molecule has 3 fully saturated rings. The summed E-state index contributed by atoms with van der Waals surface area (Å²) in [4.78, 5) is 40.7. The van der Waals surface area contributed by atoms with Crippen LogP contribution in [-0.4, -0.2) is 78.4 Å². The van der Waals surface area contributed by atoms with Crippen molar-refractivity contribution >= 4 is 17.8 Å². The van der Waals surface area contributed by atoms with Crippen LogP contribution in [0, 0.1) is 5.92 Å². The molecule has 0 saturated carbocycles. The van der Waals surface area contributed by atoms with Crippen molar-refractivity contribution in [2.75, 3.05) is 39.8 Å². The highest BCUT2D eigenvalue weighted by molar-refractivity contribution is 6.02. The molecule has 20 heavy (non-hydrogen) atoms. The third-order valence-corrected chi connectivity index (χ3v) is 4.49. The molecule has 7 heteroatoms. The van der Waals surface area contributed by atoms with Gasteiger partial charge in [0.2, 0.25) is 11.8 Å². The number of urea groups is 1. The molecule has 0 unspecified atom stereocenters. The van der Waals surface area contributed by atoms with Gasteiger partial charge in [0.1, 0.15) is 0 Å². The summed E-state index contributed by atoms with van der Waals surface area (Å²) in [5, 5.41) is 2.51. The fourth-order valence-electron chi connectivity index (χ4n) is 3.12. The van der Waals surface area contributed by atoms with E-state index in [1.165, 1.54) is 4.90 Å². The van der Waals surface area contributed by atoms with Crippen molar-refractivity contribution in [2.45, 2.75) is 18.9 Å². The largest absolute Gasteiger partial charge is 0.338 e. The van der Waals surface area contributed by atoms with Gasteiger partial charge in [-0.25, -0.2) is 4.79 Å². The van der Waals surface area contributed by atoms with Crippen LogP contribution in [0.5, 0.6) is 0 Å². The maximum absolute atomic E-state index is 12.3. The monoisotopic (exact) mass is 280 g/mol. The van der Waals surface area contributed by atoms with E-state index in [4.69, 9.17) is 0 Å². The first-order valence-electron chi connectivity index (χ1n) is 7.13. The number of piperidine rings is 1. The molecule has 4 amide bonds. The van der Waals surface area contributed by atoms with Crippen LogP contribution in [0.4, 0.5) is 4.79 Å². The number of nitrogens with one attached hydrogen (secondary N) is 1. The molecule has 0 spiro atoms. The third kappa shape index (κ3) is 2.26. The standard InChI is InChI=1S/C13H20N4O3/c1-15-4-2-9(3-5-15)12(19)16-7-10(8-16)17-11(18)6-14-13(17)20/h9-10H,2-8H2,1H3,(H,14,20). The van der Waals surface area contributed by atoms with Gasteiger partial charge in [-0.05, 0) is 33.0 Å². The Bertz CT molecular complexity index is 423. The molecule has 110 valence electrons. The van der Waals surface area contributed by atoms with Gasteiger partial charge in [-0.2, -0.15) is 0 Å². The topological polar surface area (TPSA) is 73.0 Å². The lowest BCUT2D eigenvalue weighted by Crippen LogP contribution is -2.63. The first-order valence-corrected chi connectivity index (χ1v) is 7.13. The second kappa shape index (κ2) is 5.05. The fourth-order valence-corrected chi connectivity index (χ4v) is 3.12. The Labute approximate surface area is 117 Å². The molecule has 0 aliphatic carbocycles. The molecule has 3 aliphatic rings. The Morgan fingerprint density at radius 2 is 1.85 bits per heavy atom. The van der Waals surface area contributed by atoms with Crippen molar-refractivity contribution in [3.63, 3.8) is 0 Å². The molecule has 0 aromatic heterocycles.